The fourth-order valence-corrected chi connectivity index (χ4v) is 1.59. The lowest BCUT2D eigenvalue weighted by Crippen LogP contribution is -2.25. The normalized spacial score (nSPS) is 10.0. The topological polar surface area (TPSA) is 38.3 Å². The van der Waals surface area contributed by atoms with Gasteiger partial charge in [-0.25, -0.2) is 5.48 Å². The minimum absolute atomic E-state index is 0.142. The molecule has 3 nitrogen and oxygen atoms in total. The van der Waals surface area contributed by atoms with Gasteiger partial charge >= 0.3 is 0 Å². The van der Waals surface area contributed by atoms with Crippen LogP contribution >= 0.6 is 0 Å². The summed E-state index contributed by atoms with van der Waals surface area (Å²) in [6.07, 6.45) is 0.329. The van der Waals surface area contributed by atoms with Crippen molar-refractivity contribution in [2.75, 3.05) is 0 Å². The van der Waals surface area contributed by atoms with Crippen LogP contribution in [0.5, 0.6) is 0 Å². The number of nitrogens with one attached hydrogen (secondary N) is 1. The molecule has 1 amide bonds. The zero-order valence-corrected chi connectivity index (χ0v) is 10.0. The highest BCUT2D eigenvalue weighted by Crippen LogP contribution is 2.01. The van der Waals surface area contributed by atoms with Crippen molar-refractivity contribution in [2.45, 2.75) is 13.0 Å². The van der Waals surface area contributed by atoms with Gasteiger partial charge in [0.15, 0.2) is 0 Å². The Morgan fingerprint density at radius 2 is 1.44 bits per heavy atom. The smallest absolute Gasteiger partial charge is 0.247 e. The Hall–Kier alpha value is -2.13. The number of amides is 1. The SMILES string of the molecule is O=C(Cc1ccccc1)NOCc1ccccc1. The molecule has 2 rings (SSSR count). The van der Waals surface area contributed by atoms with E-state index >= 15 is 0 Å². The van der Waals surface area contributed by atoms with Gasteiger partial charge in [-0.2, -0.15) is 0 Å². The van der Waals surface area contributed by atoms with Crippen molar-refractivity contribution in [3.63, 3.8) is 0 Å². The number of carbonyl (C=O) groups is 1. The Labute approximate surface area is 106 Å². The molecule has 0 atom stereocenters. The van der Waals surface area contributed by atoms with E-state index in [0.717, 1.165) is 11.1 Å². The van der Waals surface area contributed by atoms with Gasteiger partial charge in [-0.15, -0.1) is 0 Å². The molecule has 0 spiro atoms. The molecular formula is C15H15NO2. The van der Waals surface area contributed by atoms with Crippen LogP contribution in [0, 0.1) is 0 Å². The molecule has 0 radical (unpaired) electrons. The third kappa shape index (κ3) is 4.03. The first-order valence-electron chi connectivity index (χ1n) is 5.83. The van der Waals surface area contributed by atoms with Gasteiger partial charge in [-0.05, 0) is 11.1 Å². The summed E-state index contributed by atoms with van der Waals surface area (Å²) in [5.41, 5.74) is 4.44. The molecule has 0 heterocycles. The number of rotatable bonds is 5. The predicted octanol–water partition coefficient (Wildman–Crippen LogP) is 2.48. The van der Waals surface area contributed by atoms with Crippen LogP contribution in [0.1, 0.15) is 11.1 Å². The fraction of sp³-hybridized carbons (Fsp3) is 0.133. The molecule has 0 aliphatic carbocycles. The predicted molar refractivity (Wildman–Crippen MR) is 69.5 cm³/mol. The maximum Gasteiger partial charge on any atom is 0.247 e. The molecule has 0 unspecified atom stereocenters. The van der Waals surface area contributed by atoms with Crippen LogP contribution in [-0.2, 0) is 22.7 Å². The van der Waals surface area contributed by atoms with Crippen molar-refractivity contribution >= 4 is 5.91 Å². The lowest BCUT2D eigenvalue weighted by atomic mass is 10.1. The maximum absolute atomic E-state index is 11.6. The minimum atomic E-state index is -0.142. The number of hydroxylamine groups is 1. The van der Waals surface area contributed by atoms with Crippen LogP contribution in [-0.4, -0.2) is 5.91 Å². The number of hydrogen-bond donors (Lipinski definition) is 1. The molecule has 0 bridgehead atoms. The van der Waals surface area contributed by atoms with Gasteiger partial charge in [-0.1, -0.05) is 60.7 Å². The Morgan fingerprint density at radius 3 is 2.06 bits per heavy atom. The van der Waals surface area contributed by atoms with E-state index in [1.807, 2.05) is 60.7 Å². The Bertz CT molecular complexity index is 482. The molecule has 92 valence electrons. The van der Waals surface area contributed by atoms with Crippen LogP contribution in [0.3, 0.4) is 0 Å². The van der Waals surface area contributed by atoms with E-state index in [2.05, 4.69) is 5.48 Å². The lowest BCUT2D eigenvalue weighted by molar-refractivity contribution is -0.133. The van der Waals surface area contributed by atoms with Gasteiger partial charge in [0.2, 0.25) is 5.91 Å². The molecule has 0 aliphatic heterocycles. The Balaban J connectivity index is 1.73. The number of carbonyl (C=O) groups excluding carboxylic acids is 1. The summed E-state index contributed by atoms with van der Waals surface area (Å²) in [5.74, 6) is -0.142. The van der Waals surface area contributed by atoms with Crippen molar-refractivity contribution in [3.8, 4) is 0 Å². The summed E-state index contributed by atoms with van der Waals surface area (Å²) in [5, 5.41) is 0. The third-order valence-electron chi connectivity index (χ3n) is 2.48. The highest BCUT2D eigenvalue weighted by molar-refractivity contribution is 5.77. The van der Waals surface area contributed by atoms with E-state index in [1.54, 1.807) is 0 Å². The van der Waals surface area contributed by atoms with E-state index in [-0.39, 0.29) is 5.91 Å². The molecule has 3 heteroatoms. The van der Waals surface area contributed by atoms with E-state index in [1.165, 1.54) is 0 Å². The second kappa shape index (κ2) is 6.57. The molecule has 1 N–H and O–H groups in total. The van der Waals surface area contributed by atoms with E-state index in [0.29, 0.717) is 13.0 Å². The molecule has 18 heavy (non-hydrogen) atoms. The van der Waals surface area contributed by atoms with Crippen LogP contribution in [0.2, 0.25) is 0 Å². The second-order valence-electron chi connectivity index (χ2n) is 3.96. The molecule has 0 aliphatic rings. The molecule has 0 aromatic heterocycles. The van der Waals surface area contributed by atoms with Crippen molar-refractivity contribution in [1.82, 2.24) is 5.48 Å². The van der Waals surface area contributed by atoms with Gasteiger partial charge in [0.25, 0.3) is 0 Å². The molecular weight excluding hydrogens is 226 g/mol. The highest BCUT2D eigenvalue weighted by Gasteiger charge is 2.02. The van der Waals surface area contributed by atoms with Crippen LogP contribution < -0.4 is 5.48 Å². The van der Waals surface area contributed by atoms with Crippen LogP contribution in [0.25, 0.3) is 0 Å². The van der Waals surface area contributed by atoms with Crippen molar-refractivity contribution < 1.29 is 9.63 Å². The average molecular weight is 241 g/mol. The van der Waals surface area contributed by atoms with Crippen molar-refractivity contribution in [3.05, 3.63) is 71.8 Å². The molecule has 2 aromatic rings. The van der Waals surface area contributed by atoms with Crippen LogP contribution in [0.15, 0.2) is 60.7 Å². The summed E-state index contributed by atoms with van der Waals surface area (Å²) in [7, 11) is 0. The molecule has 0 saturated heterocycles. The second-order valence-corrected chi connectivity index (χ2v) is 3.96. The first-order valence-corrected chi connectivity index (χ1v) is 5.83. The van der Waals surface area contributed by atoms with Gasteiger partial charge in [0.05, 0.1) is 13.0 Å². The standard InChI is InChI=1S/C15H15NO2/c17-15(11-13-7-3-1-4-8-13)16-18-12-14-9-5-2-6-10-14/h1-10H,11-12H2,(H,16,17). The number of hydrogen-bond acceptors (Lipinski definition) is 2. The van der Waals surface area contributed by atoms with Gasteiger partial charge in [-0.3, -0.25) is 9.63 Å². The summed E-state index contributed by atoms with van der Waals surface area (Å²) >= 11 is 0. The van der Waals surface area contributed by atoms with E-state index in [9.17, 15) is 4.79 Å². The summed E-state index contributed by atoms with van der Waals surface area (Å²) < 4.78 is 0. The van der Waals surface area contributed by atoms with Gasteiger partial charge in [0, 0.05) is 0 Å². The molecule has 2 aromatic carbocycles. The largest absolute Gasteiger partial charge is 0.272 e. The van der Waals surface area contributed by atoms with Crippen molar-refractivity contribution in [2.24, 2.45) is 0 Å². The lowest BCUT2D eigenvalue weighted by Gasteiger charge is -2.06. The summed E-state index contributed by atoms with van der Waals surface area (Å²) in [4.78, 5) is 16.7. The zero-order valence-electron chi connectivity index (χ0n) is 10.0. The van der Waals surface area contributed by atoms with Crippen LogP contribution in [0.4, 0.5) is 0 Å². The van der Waals surface area contributed by atoms with Crippen molar-refractivity contribution in [1.29, 1.82) is 0 Å². The molecule has 0 saturated carbocycles. The first kappa shape index (κ1) is 12.3. The summed E-state index contributed by atoms with van der Waals surface area (Å²) in [6.45, 7) is 0.376. The minimum Gasteiger partial charge on any atom is -0.272 e. The fourth-order valence-electron chi connectivity index (χ4n) is 1.59. The summed E-state index contributed by atoms with van der Waals surface area (Å²) in [6, 6.07) is 19.3. The van der Waals surface area contributed by atoms with E-state index < -0.39 is 0 Å². The highest BCUT2D eigenvalue weighted by atomic mass is 16.6. The first-order chi connectivity index (χ1) is 8.84. The Kier molecular flexibility index (Phi) is 4.50. The number of benzene rings is 2. The van der Waals surface area contributed by atoms with Gasteiger partial charge in [0.1, 0.15) is 0 Å². The van der Waals surface area contributed by atoms with E-state index in [4.69, 9.17) is 4.84 Å². The zero-order chi connectivity index (χ0) is 12.6. The van der Waals surface area contributed by atoms with Gasteiger partial charge < -0.3 is 0 Å². The average Bonchev–Trinajstić information content (AvgIpc) is 2.41. The quantitative estimate of drug-likeness (QED) is 0.817. The molecule has 0 fully saturated rings. The third-order valence-corrected chi connectivity index (χ3v) is 2.48. The Morgan fingerprint density at radius 1 is 0.889 bits per heavy atom. The monoisotopic (exact) mass is 241 g/mol. The maximum atomic E-state index is 11.6.